The number of ether oxygens (including phenoxy) is 1. The van der Waals surface area contributed by atoms with Crippen LogP contribution in [0.25, 0.3) is 0 Å². The molecule has 0 spiro atoms. The van der Waals surface area contributed by atoms with Gasteiger partial charge in [-0.15, -0.1) is 5.10 Å². The molecule has 9 heteroatoms. The Hall–Kier alpha value is -2.84. The fraction of sp³-hybridized carbons (Fsp3) is 0.353. The highest BCUT2D eigenvalue weighted by Crippen LogP contribution is 2.34. The minimum atomic E-state index is -4.54. The maximum absolute atomic E-state index is 13.0. The lowest BCUT2D eigenvalue weighted by Gasteiger charge is -2.32. The number of piperidine rings is 1. The number of alkyl halides is 3. The highest BCUT2D eigenvalue weighted by molar-refractivity contribution is 5.90. The standard InChI is InChI=1S/C17H17F3N4O2/c18-17(19,20)13-6-1-2-7-14(13)22-16(25)24-10-4-5-12(11-24)26-15-8-3-9-21-23-15/h1-3,6-9,12H,4-5,10-11H2,(H,22,25). The normalized spacial score (nSPS) is 17.7. The second-order valence-corrected chi connectivity index (χ2v) is 5.86. The van der Waals surface area contributed by atoms with Crippen molar-refractivity contribution in [3.05, 3.63) is 48.2 Å². The van der Waals surface area contributed by atoms with Crippen LogP contribution in [0.2, 0.25) is 0 Å². The molecule has 26 heavy (non-hydrogen) atoms. The lowest BCUT2D eigenvalue weighted by molar-refractivity contribution is -0.136. The molecule has 2 aromatic rings. The molecule has 138 valence electrons. The number of carbonyl (C=O) groups excluding carboxylic acids is 1. The molecule has 0 bridgehead atoms. The molecule has 2 heterocycles. The Morgan fingerprint density at radius 2 is 2.04 bits per heavy atom. The Balaban J connectivity index is 1.65. The molecule has 1 aliphatic rings. The third kappa shape index (κ3) is 4.41. The second-order valence-electron chi connectivity index (χ2n) is 5.86. The van der Waals surface area contributed by atoms with Crippen molar-refractivity contribution < 1.29 is 22.7 Å². The summed E-state index contributed by atoms with van der Waals surface area (Å²) in [4.78, 5) is 13.9. The first-order valence-electron chi connectivity index (χ1n) is 8.10. The molecular formula is C17H17F3N4O2. The van der Waals surface area contributed by atoms with Crippen LogP contribution < -0.4 is 10.1 Å². The Morgan fingerprint density at radius 3 is 2.77 bits per heavy atom. The summed E-state index contributed by atoms with van der Waals surface area (Å²) in [5.74, 6) is 0.349. The molecule has 0 saturated carbocycles. The largest absolute Gasteiger partial charge is 0.471 e. The van der Waals surface area contributed by atoms with Crippen molar-refractivity contribution in [2.45, 2.75) is 25.1 Å². The molecule has 6 nitrogen and oxygen atoms in total. The van der Waals surface area contributed by atoms with Gasteiger partial charge in [-0.1, -0.05) is 12.1 Å². The smallest absolute Gasteiger partial charge is 0.418 e. The maximum atomic E-state index is 13.0. The van der Waals surface area contributed by atoms with Crippen molar-refractivity contribution in [3.8, 4) is 5.88 Å². The SMILES string of the molecule is O=C(Nc1ccccc1C(F)(F)F)N1CCCC(Oc2cccnn2)C1. The van der Waals surface area contributed by atoms with Crippen LogP contribution in [0.3, 0.4) is 0 Å². The fourth-order valence-corrected chi connectivity index (χ4v) is 2.77. The predicted octanol–water partition coefficient (Wildman–Crippen LogP) is 3.57. The first-order valence-corrected chi connectivity index (χ1v) is 8.10. The number of nitrogens with one attached hydrogen (secondary N) is 1. The van der Waals surface area contributed by atoms with E-state index in [1.807, 2.05) is 0 Å². The van der Waals surface area contributed by atoms with Gasteiger partial charge in [-0.05, 0) is 31.0 Å². The number of benzene rings is 1. The summed E-state index contributed by atoms with van der Waals surface area (Å²) in [7, 11) is 0. The highest BCUT2D eigenvalue weighted by Gasteiger charge is 2.34. The monoisotopic (exact) mass is 366 g/mol. The van der Waals surface area contributed by atoms with Gasteiger partial charge >= 0.3 is 12.2 Å². The lowest BCUT2D eigenvalue weighted by atomic mass is 10.1. The molecule has 2 amide bonds. The summed E-state index contributed by atoms with van der Waals surface area (Å²) < 4.78 is 44.8. The van der Waals surface area contributed by atoms with Crippen LogP contribution in [0.15, 0.2) is 42.6 Å². The fourth-order valence-electron chi connectivity index (χ4n) is 2.77. The molecule has 1 unspecified atom stereocenters. The van der Waals surface area contributed by atoms with Gasteiger partial charge in [-0.25, -0.2) is 4.79 Å². The van der Waals surface area contributed by atoms with Crippen LogP contribution in [0, 0.1) is 0 Å². The number of urea groups is 1. The van der Waals surface area contributed by atoms with Crippen molar-refractivity contribution in [1.29, 1.82) is 0 Å². The first-order chi connectivity index (χ1) is 12.4. The van der Waals surface area contributed by atoms with E-state index in [-0.39, 0.29) is 18.3 Å². The topological polar surface area (TPSA) is 67.4 Å². The zero-order chi connectivity index (χ0) is 18.6. The van der Waals surface area contributed by atoms with E-state index in [1.54, 1.807) is 12.1 Å². The zero-order valence-corrected chi connectivity index (χ0v) is 13.7. The van der Waals surface area contributed by atoms with Gasteiger partial charge in [-0.2, -0.15) is 18.3 Å². The van der Waals surface area contributed by atoms with Crippen LogP contribution in [0.5, 0.6) is 5.88 Å². The summed E-state index contributed by atoms with van der Waals surface area (Å²) in [5, 5.41) is 9.91. The van der Waals surface area contributed by atoms with Crippen LogP contribution >= 0.6 is 0 Å². The number of anilines is 1. The van der Waals surface area contributed by atoms with E-state index in [0.29, 0.717) is 18.8 Å². The van der Waals surface area contributed by atoms with Gasteiger partial charge < -0.3 is 15.0 Å². The van der Waals surface area contributed by atoms with Crippen LogP contribution in [-0.2, 0) is 6.18 Å². The van der Waals surface area contributed by atoms with Crippen molar-refractivity contribution in [1.82, 2.24) is 15.1 Å². The van der Waals surface area contributed by atoms with Crippen LogP contribution in [0.4, 0.5) is 23.7 Å². The number of hydrogen-bond acceptors (Lipinski definition) is 4. The van der Waals surface area contributed by atoms with Crippen LogP contribution in [0.1, 0.15) is 18.4 Å². The van der Waals surface area contributed by atoms with Crippen molar-refractivity contribution in [2.75, 3.05) is 18.4 Å². The molecule has 1 atom stereocenters. The number of likely N-dealkylation sites (tertiary alicyclic amines) is 1. The lowest BCUT2D eigenvalue weighted by Crippen LogP contribution is -2.46. The number of para-hydroxylation sites is 1. The van der Waals surface area contributed by atoms with E-state index in [4.69, 9.17) is 4.74 Å². The van der Waals surface area contributed by atoms with E-state index in [9.17, 15) is 18.0 Å². The number of hydrogen-bond donors (Lipinski definition) is 1. The molecule has 3 rings (SSSR count). The molecule has 1 N–H and O–H groups in total. The minimum absolute atomic E-state index is 0.261. The van der Waals surface area contributed by atoms with Crippen molar-refractivity contribution in [2.24, 2.45) is 0 Å². The zero-order valence-electron chi connectivity index (χ0n) is 13.7. The quantitative estimate of drug-likeness (QED) is 0.902. The third-order valence-electron chi connectivity index (χ3n) is 3.97. The van der Waals surface area contributed by atoms with Gasteiger partial charge in [0.15, 0.2) is 0 Å². The van der Waals surface area contributed by atoms with Gasteiger partial charge in [0.1, 0.15) is 6.10 Å². The van der Waals surface area contributed by atoms with E-state index >= 15 is 0 Å². The van der Waals surface area contributed by atoms with Gasteiger partial charge in [-0.3, -0.25) is 0 Å². The van der Waals surface area contributed by atoms with E-state index in [2.05, 4.69) is 15.5 Å². The second kappa shape index (κ2) is 7.59. The minimum Gasteiger partial charge on any atom is -0.471 e. The summed E-state index contributed by atoms with van der Waals surface area (Å²) in [6, 6.07) is 7.65. The average Bonchev–Trinajstić information content (AvgIpc) is 2.62. The highest BCUT2D eigenvalue weighted by atomic mass is 19.4. The number of halogens is 3. The third-order valence-corrected chi connectivity index (χ3v) is 3.97. The van der Waals surface area contributed by atoms with E-state index in [1.165, 1.54) is 29.3 Å². The van der Waals surface area contributed by atoms with Gasteiger partial charge in [0.2, 0.25) is 5.88 Å². The molecule has 1 aromatic heterocycles. The van der Waals surface area contributed by atoms with Gasteiger partial charge in [0.05, 0.1) is 17.8 Å². The molecule has 0 aliphatic carbocycles. The molecule has 1 fully saturated rings. The summed E-state index contributed by atoms with van der Waals surface area (Å²) in [6.45, 7) is 0.705. The molecule has 0 radical (unpaired) electrons. The first kappa shape index (κ1) is 18.0. The van der Waals surface area contributed by atoms with Crippen LogP contribution in [-0.4, -0.2) is 40.3 Å². The molecule has 1 saturated heterocycles. The summed E-state index contributed by atoms with van der Waals surface area (Å²) in [5.41, 5.74) is -1.14. The Kier molecular flexibility index (Phi) is 5.24. The van der Waals surface area contributed by atoms with Crippen molar-refractivity contribution in [3.63, 3.8) is 0 Å². The van der Waals surface area contributed by atoms with E-state index < -0.39 is 17.8 Å². The predicted molar refractivity (Wildman–Crippen MR) is 87.7 cm³/mol. The molecular weight excluding hydrogens is 349 g/mol. The average molecular weight is 366 g/mol. The Labute approximate surface area is 148 Å². The number of carbonyl (C=O) groups is 1. The number of rotatable bonds is 3. The van der Waals surface area contributed by atoms with Crippen molar-refractivity contribution >= 4 is 11.7 Å². The maximum Gasteiger partial charge on any atom is 0.418 e. The van der Waals surface area contributed by atoms with Gasteiger partial charge in [0.25, 0.3) is 0 Å². The Morgan fingerprint density at radius 1 is 1.23 bits per heavy atom. The summed E-state index contributed by atoms with van der Waals surface area (Å²) in [6.07, 6.45) is -1.91. The summed E-state index contributed by atoms with van der Waals surface area (Å²) >= 11 is 0. The van der Waals surface area contributed by atoms with E-state index in [0.717, 1.165) is 12.5 Å². The number of aromatic nitrogens is 2. The Bertz CT molecular complexity index is 755. The number of nitrogens with zero attached hydrogens (tertiary/aromatic N) is 3. The van der Waals surface area contributed by atoms with Gasteiger partial charge in [0, 0.05) is 18.8 Å². The molecule has 1 aromatic carbocycles. The molecule has 1 aliphatic heterocycles. The number of amides is 2.